The Morgan fingerprint density at radius 1 is 1.39 bits per heavy atom. The molecule has 0 aliphatic heterocycles. The van der Waals surface area contributed by atoms with Crippen LogP contribution in [0.15, 0.2) is 24.3 Å². The smallest absolute Gasteiger partial charge is 0.254 e. The maximum absolute atomic E-state index is 12.3. The van der Waals surface area contributed by atoms with Crippen molar-refractivity contribution in [3.05, 3.63) is 34.9 Å². The quantitative estimate of drug-likeness (QED) is 0.839. The van der Waals surface area contributed by atoms with Crippen molar-refractivity contribution in [3.63, 3.8) is 0 Å². The van der Waals surface area contributed by atoms with E-state index in [0.29, 0.717) is 5.02 Å². The van der Waals surface area contributed by atoms with Crippen LogP contribution >= 0.6 is 11.6 Å². The van der Waals surface area contributed by atoms with Gasteiger partial charge in [0.1, 0.15) is 5.60 Å². The van der Waals surface area contributed by atoms with Gasteiger partial charge in [0.05, 0.1) is 6.04 Å². The maximum Gasteiger partial charge on any atom is 0.254 e. The lowest BCUT2D eigenvalue weighted by molar-refractivity contribution is -0.151. The first-order valence-electron chi connectivity index (χ1n) is 5.88. The van der Waals surface area contributed by atoms with Gasteiger partial charge in [-0.25, -0.2) is 0 Å². The molecule has 1 aromatic carbocycles. The molecule has 0 heterocycles. The van der Waals surface area contributed by atoms with Crippen molar-refractivity contribution in [2.75, 3.05) is 14.2 Å². The number of methoxy groups -OCH3 is 1. The second-order valence-electron chi connectivity index (χ2n) is 4.83. The third kappa shape index (κ3) is 3.03. The van der Waals surface area contributed by atoms with Gasteiger partial charge in [0.25, 0.3) is 5.91 Å². The summed E-state index contributed by atoms with van der Waals surface area (Å²) in [6, 6.07) is 7.45. The number of benzene rings is 1. The van der Waals surface area contributed by atoms with Crippen molar-refractivity contribution < 1.29 is 9.53 Å². The summed E-state index contributed by atoms with van der Waals surface area (Å²) in [5.41, 5.74) is 0.103. The van der Waals surface area contributed by atoms with Crippen LogP contribution in [0.3, 0.4) is 0 Å². The molecule has 1 aromatic rings. The highest BCUT2D eigenvalue weighted by Gasteiger charge is 2.32. The molecular formula is C14H20ClNO2. The molecule has 0 N–H and O–H groups in total. The number of hydrogen-bond acceptors (Lipinski definition) is 2. The van der Waals surface area contributed by atoms with Crippen molar-refractivity contribution in [3.8, 4) is 0 Å². The van der Waals surface area contributed by atoms with Gasteiger partial charge in [0.15, 0.2) is 0 Å². The number of carbonyl (C=O) groups is 1. The van der Waals surface area contributed by atoms with E-state index in [1.807, 2.05) is 31.2 Å². The van der Waals surface area contributed by atoms with Gasteiger partial charge in [-0.3, -0.25) is 4.79 Å². The molecule has 1 rings (SSSR count). The van der Waals surface area contributed by atoms with Gasteiger partial charge in [-0.1, -0.05) is 29.8 Å². The predicted molar refractivity (Wildman–Crippen MR) is 73.7 cm³/mol. The number of halogens is 1. The number of rotatable bonds is 4. The number of nitrogens with zero attached hydrogens (tertiary/aromatic N) is 1. The standard InChI is InChI=1S/C14H20ClNO2/c1-10(11-8-6-7-9-12(11)15)16(4)13(17)14(2,3)18-5/h6-10H,1-5H3. The van der Waals surface area contributed by atoms with E-state index in [1.165, 1.54) is 7.11 Å². The van der Waals surface area contributed by atoms with Crippen LogP contribution in [0.5, 0.6) is 0 Å². The Hall–Kier alpha value is -1.06. The first-order chi connectivity index (χ1) is 8.31. The summed E-state index contributed by atoms with van der Waals surface area (Å²) in [5, 5.41) is 0.667. The molecule has 0 fully saturated rings. The molecule has 100 valence electrons. The lowest BCUT2D eigenvalue weighted by Crippen LogP contribution is -2.45. The molecule has 1 atom stereocenters. The van der Waals surface area contributed by atoms with E-state index in [-0.39, 0.29) is 11.9 Å². The van der Waals surface area contributed by atoms with Gasteiger partial charge in [0.2, 0.25) is 0 Å². The van der Waals surface area contributed by atoms with Crippen LogP contribution in [0.1, 0.15) is 32.4 Å². The molecular weight excluding hydrogens is 250 g/mol. The SMILES string of the molecule is COC(C)(C)C(=O)N(C)C(C)c1ccccc1Cl. The molecule has 0 bridgehead atoms. The highest BCUT2D eigenvalue weighted by Crippen LogP contribution is 2.28. The van der Waals surface area contributed by atoms with E-state index in [1.54, 1.807) is 25.8 Å². The molecule has 18 heavy (non-hydrogen) atoms. The Balaban J connectivity index is 2.95. The van der Waals surface area contributed by atoms with Gasteiger partial charge in [0, 0.05) is 19.2 Å². The summed E-state index contributed by atoms with van der Waals surface area (Å²) in [6.07, 6.45) is 0. The van der Waals surface area contributed by atoms with Gasteiger partial charge in [-0.15, -0.1) is 0 Å². The van der Waals surface area contributed by atoms with Crippen LogP contribution in [0.4, 0.5) is 0 Å². The highest BCUT2D eigenvalue weighted by molar-refractivity contribution is 6.31. The molecule has 0 aliphatic rings. The lowest BCUT2D eigenvalue weighted by atomic mass is 10.0. The number of amides is 1. The molecule has 4 heteroatoms. The molecule has 1 amide bonds. The van der Waals surface area contributed by atoms with E-state index >= 15 is 0 Å². The zero-order valence-electron chi connectivity index (χ0n) is 11.5. The third-order valence-electron chi connectivity index (χ3n) is 3.28. The van der Waals surface area contributed by atoms with Gasteiger partial charge >= 0.3 is 0 Å². The summed E-state index contributed by atoms with van der Waals surface area (Å²) in [4.78, 5) is 13.9. The van der Waals surface area contributed by atoms with Crippen LogP contribution in [0.2, 0.25) is 5.02 Å². The van der Waals surface area contributed by atoms with Gasteiger partial charge in [-0.2, -0.15) is 0 Å². The predicted octanol–water partition coefficient (Wildman–Crippen LogP) is 3.28. The van der Waals surface area contributed by atoms with Crippen LogP contribution < -0.4 is 0 Å². The number of likely N-dealkylation sites (N-methyl/N-ethyl adjacent to an activating group) is 1. The minimum Gasteiger partial charge on any atom is -0.369 e. The first-order valence-corrected chi connectivity index (χ1v) is 6.26. The van der Waals surface area contributed by atoms with Crippen molar-refractivity contribution >= 4 is 17.5 Å². The number of carbonyl (C=O) groups excluding carboxylic acids is 1. The van der Waals surface area contributed by atoms with E-state index in [0.717, 1.165) is 5.56 Å². The minimum atomic E-state index is -0.829. The van der Waals surface area contributed by atoms with E-state index in [2.05, 4.69) is 0 Å². The zero-order chi connectivity index (χ0) is 13.9. The monoisotopic (exact) mass is 269 g/mol. The fourth-order valence-electron chi connectivity index (χ4n) is 1.71. The lowest BCUT2D eigenvalue weighted by Gasteiger charge is -2.32. The van der Waals surface area contributed by atoms with Gasteiger partial charge < -0.3 is 9.64 Å². The fourth-order valence-corrected chi connectivity index (χ4v) is 2.00. The topological polar surface area (TPSA) is 29.5 Å². The summed E-state index contributed by atoms with van der Waals surface area (Å²) in [6.45, 7) is 5.46. The van der Waals surface area contributed by atoms with Crippen LogP contribution in [0, 0.1) is 0 Å². The molecule has 3 nitrogen and oxygen atoms in total. The number of hydrogen-bond donors (Lipinski definition) is 0. The zero-order valence-corrected chi connectivity index (χ0v) is 12.3. The molecule has 0 saturated heterocycles. The maximum atomic E-state index is 12.3. The summed E-state index contributed by atoms with van der Waals surface area (Å²) >= 11 is 6.15. The molecule has 0 radical (unpaired) electrons. The second-order valence-corrected chi connectivity index (χ2v) is 5.24. The van der Waals surface area contributed by atoms with Crippen LogP contribution in [-0.2, 0) is 9.53 Å². The van der Waals surface area contributed by atoms with Crippen LogP contribution in [0.25, 0.3) is 0 Å². The molecule has 1 unspecified atom stereocenters. The average molecular weight is 270 g/mol. The summed E-state index contributed by atoms with van der Waals surface area (Å²) in [5.74, 6) is -0.0718. The molecule has 0 aromatic heterocycles. The average Bonchev–Trinajstić information content (AvgIpc) is 2.36. The van der Waals surface area contributed by atoms with E-state index < -0.39 is 5.60 Å². The molecule has 0 spiro atoms. The molecule has 0 aliphatic carbocycles. The number of ether oxygens (including phenoxy) is 1. The Bertz CT molecular complexity index is 432. The third-order valence-corrected chi connectivity index (χ3v) is 3.63. The highest BCUT2D eigenvalue weighted by atomic mass is 35.5. The fraction of sp³-hybridized carbons (Fsp3) is 0.500. The van der Waals surface area contributed by atoms with Crippen LogP contribution in [-0.4, -0.2) is 30.6 Å². The van der Waals surface area contributed by atoms with E-state index in [9.17, 15) is 4.79 Å². The van der Waals surface area contributed by atoms with Crippen molar-refractivity contribution in [1.29, 1.82) is 0 Å². The van der Waals surface area contributed by atoms with E-state index in [4.69, 9.17) is 16.3 Å². The summed E-state index contributed by atoms with van der Waals surface area (Å²) in [7, 11) is 3.29. The Labute approximate surface area is 114 Å². The minimum absolute atomic E-state index is 0.0718. The van der Waals surface area contributed by atoms with Crippen molar-refractivity contribution in [2.45, 2.75) is 32.4 Å². The normalized spacial score (nSPS) is 13.2. The first kappa shape index (κ1) is 15.0. The Morgan fingerprint density at radius 2 is 1.94 bits per heavy atom. The van der Waals surface area contributed by atoms with Gasteiger partial charge in [-0.05, 0) is 32.4 Å². The Kier molecular flexibility index (Phi) is 4.77. The summed E-state index contributed by atoms with van der Waals surface area (Å²) < 4.78 is 5.21. The van der Waals surface area contributed by atoms with Crippen molar-refractivity contribution in [2.24, 2.45) is 0 Å². The largest absolute Gasteiger partial charge is 0.369 e. The van der Waals surface area contributed by atoms with Crippen molar-refractivity contribution in [1.82, 2.24) is 4.90 Å². The Morgan fingerprint density at radius 3 is 2.44 bits per heavy atom. The molecule has 0 saturated carbocycles. The second kappa shape index (κ2) is 5.72.